The Morgan fingerprint density at radius 1 is 0.571 bits per heavy atom. The number of thiophene rings is 1. The number of aromatic nitrogens is 2. The molecule has 4 aliphatic rings. The minimum Gasteiger partial charge on any atom is -0.312 e. The molecule has 56 heavy (non-hydrogen) atoms. The molecule has 0 saturated carbocycles. The van der Waals surface area contributed by atoms with Crippen LogP contribution in [0.3, 0.4) is 0 Å². The van der Waals surface area contributed by atoms with Crippen LogP contribution >= 0.6 is 11.3 Å². The molecule has 3 atom stereocenters. The number of benzene rings is 5. The lowest BCUT2D eigenvalue weighted by Crippen LogP contribution is -2.14. The number of hydrogen-bond donors (Lipinski definition) is 0. The maximum Gasteiger partial charge on any atom is 0.156 e. The van der Waals surface area contributed by atoms with Crippen LogP contribution in [0.2, 0.25) is 0 Å². The van der Waals surface area contributed by atoms with E-state index >= 15 is 0 Å². The molecule has 0 saturated heterocycles. The van der Waals surface area contributed by atoms with Crippen molar-refractivity contribution in [1.82, 2.24) is 9.97 Å². The zero-order chi connectivity index (χ0) is 37.0. The Morgan fingerprint density at radius 2 is 1.36 bits per heavy atom. The van der Waals surface area contributed by atoms with Gasteiger partial charge in [0.25, 0.3) is 0 Å². The second-order valence-corrected chi connectivity index (χ2v) is 16.3. The van der Waals surface area contributed by atoms with E-state index in [0.717, 1.165) is 53.2 Å². The van der Waals surface area contributed by atoms with Crippen molar-refractivity contribution < 1.29 is 0 Å². The first kappa shape index (κ1) is 33.0. The highest BCUT2D eigenvalue weighted by Crippen LogP contribution is 2.54. The van der Waals surface area contributed by atoms with Crippen molar-refractivity contribution in [2.75, 3.05) is 4.90 Å². The molecule has 5 aromatic carbocycles. The van der Waals surface area contributed by atoms with Crippen LogP contribution in [0.25, 0.3) is 48.3 Å². The van der Waals surface area contributed by atoms with Gasteiger partial charge in [0.1, 0.15) is 0 Å². The topological polar surface area (TPSA) is 29.0 Å². The molecule has 3 aliphatic carbocycles. The second kappa shape index (κ2) is 13.7. The first-order valence-corrected chi connectivity index (χ1v) is 20.5. The Kier molecular flexibility index (Phi) is 8.10. The quantitative estimate of drug-likeness (QED) is 0.170. The van der Waals surface area contributed by atoms with Crippen LogP contribution in [0.15, 0.2) is 188 Å². The van der Waals surface area contributed by atoms with Crippen molar-refractivity contribution in [3.05, 3.63) is 210 Å². The van der Waals surface area contributed by atoms with Crippen molar-refractivity contribution in [2.45, 2.75) is 37.0 Å². The fourth-order valence-corrected chi connectivity index (χ4v) is 10.3. The monoisotopic (exact) mass is 737 g/mol. The second-order valence-electron chi connectivity index (χ2n) is 15.2. The summed E-state index contributed by atoms with van der Waals surface area (Å²) in [5.74, 6) is 1.74. The zero-order valence-corrected chi connectivity index (χ0v) is 31.7. The van der Waals surface area contributed by atoms with E-state index in [1.54, 1.807) is 0 Å². The van der Waals surface area contributed by atoms with Crippen molar-refractivity contribution in [1.29, 1.82) is 0 Å². The van der Waals surface area contributed by atoms with Gasteiger partial charge in [0.05, 0.1) is 27.5 Å². The molecule has 1 aliphatic heterocycles. The van der Waals surface area contributed by atoms with E-state index < -0.39 is 0 Å². The van der Waals surface area contributed by atoms with Gasteiger partial charge in [0.2, 0.25) is 0 Å². The third-order valence-electron chi connectivity index (χ3n) is 11.9. The van der Waals surface area contributed by atoms with Crippen molar-refractivity contribution >= 4 is 48.5 Å². The fourth-order valence-electron chi connectivity index (χ4n) is 9.06. The predicted octanol–water partition coefficient (Wildman–Crippen LogP) is 14.0. The van der Waals surface area contributed by atoms with Gasteiger partial charge in [-0.05, 0) is 77.9 Å². The minimum atomic E-state index is 0.275. The van der Waals surface area contributed by atoms with Crippen molar-refractivity contribution in [2.24, 2.45) is 0 Å². The highest BCUT2D eigenvalue weighted by Gasteiger charge is 2.36. The van der Waals surface area contributed by atoms with E-state index in [0.29, 0.717) is 11.8 Å². The molecule has 0 N–H and O–H groups in total. The summed E-state index contributed by atoms with van der Waals surface area (Å²) in [6.07, 6.45) is 25.2. The van der Waals surface area contributed by atoms with Crippen LogP contribution in [-0.2, 0) is 0 Å². The lowest BCUT2D eigenvalue weighted by molar-refractivity contribution is 0.820. The minimum absolute atomic E-state index is 0.275. The lowest BCUT2D eigenvalue weighted by atomic mass is 9.88. The summed E-state index contributed by atoms with van der Waals surface area (Å²) in [5, 5.41) is 2.63. The fraction of sp³-hybridized carbons (Fsp3) is 0.115. The number of nitrogens with zero attached hydrogens (tertiary/aromatic N) is 3. The molecule has 268 valence electrons. The van der Waals surface area contributed by atoms with E-state index in [9.17, 15) is 0 Å². The smallest absolute Gasteiger partial charge is 0.156 e. The van der Waals surface area contributed by atoms with Crippen LogP contribution in [0.4, 0.5) is 11.4 Å². The van der Waals surface area contributed by atoms with Gasteiger partial charge in [-0.2, -0.15) is 0 Å². The highest BCUT2D eigenvalue weighted by atomic mass is 32.1. The van der Waals surface area contributed by atoms with Gasteiger partial charge >= 0.3 is 0 Å². The first-order valence-electron chi connectivity index (χ1n) is 19.7. The van der Waals surface area contributed by atoms with Crippen LogP contribution in [0.5, 0.6) is 0 Å². The van der Waals surface area contributed by atoms with Crippen molar-refractivity contribution in [3.8, 4) is 22.5 Å². The van der Waals surface area contributed by atoms with Gasteiger partial charge in [0, 0.05) is 50.1 Å². The third-order valence-corrected chi connectivity index (χ3v) is 13.1. The van der Waals surface area contributed by atoms with E-state index in [1.807, 2.05) is 11.3 Å². The van der Waals surface area contributed by atoms with Crippen LogP contribution in [0, 0.1) is 0 Å². The van der Waals surface area contributed by atoms with Crippen LogP contribution < -0.4 is 4.90 Å². The molecule has 0 radical (unpaired) electrons. The van der Waals surface area contributed by atoms with Gasteiger partial charge in [-0.3, -0.25) is 0 Å². The van der Waals surface area contributed by atoms with Gasteiger partial charge in [-0.15, -0.1) is 11.3 Å². The summed E-state index contributed by atoms with van der Waals surface area (Å²) in [6.45, 7) is 0. The molecule has 0 fully saturated rings. The molecule has 3 nitrogen and oxygen atoms in total. The van der Waals surface area contributed by atoms with Gasteiger partial charge in [-0.1, -0.05) is 146 Å². The molecular formula is C52H39N3S. The zero-order valence-electron chi connectivity index (χ0n) is 30.9. The Balaban J connectivity index is 1.06. The summed E-state index contributed by atoms with van der Waals surface area (Å²) in [7, 11) is 0. The molecule has 3 heterocycles. The Morgan fingerprint density at radius 3 is 2.25 bits per heavy atom. The number of allylic oxidation sites excluding steroid dienone is 12. The Hall–Kier alpha value is -6.36. The number of anilines is 2. The van der Waals surface area contributed by atoms with Crippen molar-refractivity contribution in [3.63, 3.8) is 0 Å². The average Bonchev–Trinajstić information content (AvgIpc) is 3.83. The number of hydrogen-bond acceptors (Lipinski definition) is 4. The molecule has 7 aromatic rings. The summed E-state index contributed by atoms with van der Waals surface area (Å²) in [6, 6.07) is 44.5. The normalized spacial score (nSPS) is 19.6. The standard InChI is InChI=1S/C52H39N3S/c1-3-14-34(15-4-1)36-18-11-20-38(30-36)45-33-46(54-52(53-45)40-21-12-19-37(31-40)35-16-5-2-6-17-35)39-28-29-42-41-22-7-9-25-47(41)55(49(42)32-39)48-26-13-24-44-43-23-8-10-27-50(43)56-51(44)48/h1-14,16-21,23-30,32-34,37,41H,15,22,31H2. The molecular weight excluding hydrogens is 699 g/mol. The van der Waals surface area contributed by atoms with Crippen LogP contribution in [-0.4, -0.2) is 9.97 Å². The highest BCUT2D eigenvalue weighted by molar-refractivity contribution is 7.26. The van der Waals surface area contributed by atoms with Gasteiger partial charge in [0.15, 0.2) is 5.82 Å². The molecule has 3 unspecified atom stereocenters. The Bertz CT molecular complexity index is 2870. The SMILES string of the molecule is C1=CCC(c2cccc(-c3cc(-c4ccc5c(c4)N(c4cccc6c4sc4ccccc46)C4=CC=CCC45)nc(C4=CC=CC(c5ccccc5)C4)n3)c2)C=C1. The summed E-state index contributed by atoms with van der Waals surface area (Å²) in [4.78, 5) is 13.3. The summed E-state index contributed by atoms with van der Waals surface area (Å²) in [5.41, 5.74) is 13.0. The molecule has 2 aromatic heterocycles. The van der Waals surface area contributed by atoms with Gasteiger partial charge < -0.3 is 4.90 Å². The van der Waals surface area contributed by atoms with Gasteiger partial charge in [-0.25, -0.2) is 9.97 Å². The predicted molar refractivity (Wildman–Crippen MR) is 236 cm³/mol. The maximum atomic E-state index is 5.41. The molecule has 0 bridgehead atoms. The first-order chi connectivity index (χ1) is 27.7. The number of rotatable bonds is 6. The number of fused-ring (bicyclic) bond motifs is 6. The molecule has 0 spiro atoms. The van der Waals surface area contributed by atoms with E-state index in [-0.39, 0.29) is 5.92 Å². The molecule has 4 heteroatoms. The third kappa shape index (κ3) is 5.72. The molecule has 0 amide bonds. The summed E-state index contributed by atoms with van der Waals surface area (Å²) < 4.78 is 2.64. The van der Waals surface area contributed by atoms with E-state index in [1.165, 1.54) is 53.9 Å². The van der Waals surface area contributed by atoms with E-state index in [2.05, 4.69) is 187 Å². The molecule has 11 rings (SSSR count). The Labute approximate surface area is 331 Å². The maximum absolute atomic E-state index is 5.41. The van der Waals surface area contributed by atoms with E-state index in [4.69, 9.17) is 9.97 Å². The largest absolute Gasteiger partial charge is 0.312 e. The lowest BCUT2D eigenvalue weighted by Gasteiger charge is -2.25. The average molecular weight is 738 g/mol. The summed E-state index contributed by atoms with van der Waals surface area (Å²) >= 11 is 1.89. The van der Waals surface area contributed by atoms with Crippen LogP contribution in [0.1, 0.15) is 59.5 Å².